The first kappa shape index (κ1) is 44.2. The van der Waals surface area contributed by atoms with Crippen LogP contribution in [0.15, 0.2) is 291 Å². The summed E-state index contributed by atoms with van der Waals surface area (Å²) in [5.74, 6) is 0. The highest BCUT2D eigenvalue weighted by atomic mass is 32.1. The quantitative estimate of drug-likeness (QED) is 0.135. The van der Waals surface area contributed by atoms with Crippen molar-refractivity contribution >= 4 is 98.0 Å². The minimum absolute atomic E-state index is 1.07. The van der Waals surface area contributed by atoms with Crippen LogP contribution in [0.1, 0.15) is 0 Å². The summed E-state index contributed by atoms with van der Waals surface area (Å²) < 4.78 is 2.62. The van der Waals surface area contributed by atoms with Crippen molar-refractivity contribution in [2.75, 3.05) is 9.80 Å². The average molecular weight is 973 g/mol. The molecule has 2 nitrogen and oxygen atoms in total. The van der Waals surface area contributed by atoms with E-state index >= 15 is 0 Å². The Balaban J connectivity index is 0.942. The van der Waals surface area contributed by atoms with E-state index in [9.17, 15) is 0 Å². The molecule has 0 unspecified atom stereocenters. The first-order valence-electron chi connectivity index (χ1n) is 25.6. The van der Waals surface area contributed by atoms with Gasteiger partial charge in [-0.1, -0.05) is 231 Å². The number of hydrogen-bond acceptors (Lipinski definition) is 3. The van der Waals surface area contributed by atoms with Gasteiger partial charge in [-0.2, -0.15) is 0 Å². The SMILES string of the molecule is c1ccc(-c2ccc(-c3ccc(N(c4ccc5ccccc5c4)c4ccccc4-c4ccccc4N(c4ccc5ccccc5c4)c4ccc(-c5cccc6c5sc5ccccc56)c5ccccc45)cc3)cc2)cc1. The van der Waals surface area contributed by atoms with Crippen LogP contribution >= 0.6 is 11.3 Å². The average Bonchev–Trinajstić information content (AvgIpc) is 3.90. The largest absolute Gasteiger partial charge is 0.310 e. The molecule has 1 heterocycles. The molecule has 0 bridgehead atoms. The molecule has 1 aromatic heterocycles. The van der Waals surface area contributed by atoms with Gasteiger partial charge in [0.1, 0.15) is 0 Å². The van der Waals surface area contributed by atoms with Crippen LogP contribution in [0.25, 0.3) is 97.0 Å². The van der Waals surface area contributed by atoms with Crippen LogP contribution in [-0.4, -0.2) is 0 Å². The van der Waals surface area contributed by atoms with Crippen molar-refractivity contribution in [2.24, 2.45) is 0 Å². The van der Waals surface area contributed by atoms with Crippen LogP contribution in [0.2, 0.25) is 0 Å². The minimum Gasteiger partial charge on any atom is -0.310 e. The topological polar surface area (TPSA) is 6.48 Å². The van der Waals surface area contributed by atoms with Gasteiger partial charge in [0.15, 0.2) is 0 Å². The molecule has 0 N–H and O–H groups in total. The molecule has 0 amide bonds. The van der Waals surface area contributed by atoms with Crippen LogP contribution in [-0.2, 0) is 0 Å². The van der Waals surface area contributed by atoms with Gasteiger partial charge in [-0.15, -0.1) is 11.3 Å². The molecule has 3 heteroatoms. The first-order valence-corrected chi connectivity index (χ1v) is 26.5. The van der Waals surface area contributed by atoms with Crippen molar-refractivity contribution in [1.29, 1.82) is 0 Å². The highest BCUT2D eigenvalue weighted by Crippen LogP contribution is 2.50. The van der Waals surface area contributed by atoms with Crippen molar-refractivity contribution in [3.63, 3.8) is 0 Å². The van der Waals surface area contributed by atoms with Gasteiger partial charge in [0.05, 0.1) is 17.1 Å². The summed E-state index contributed by atoms with van der Waals surface area (Å²) in [4.78, 5) is 4.92. The van der Waals surface area contributed by atoms with E-state index in [1.165, 1.54) is 85.9 Å². The molecular formula is C72H48N2S. The number of rotatable bonds is 10. The smallest absolute Gasteiger partial charge is 0.0541 e. The summed E-state index contributed by atoms with van der Waals surface area (Å²) in [5, 5.41) is 9.79. The first-order chi connectivity index (χ1) is 37.2. The molecule has 14 aromatic rings. The molecule has 0 fully saturated rings. The molecule has 0 saturated carbocycles. The van der Waals surface area contributed by atoms with Gasteiger partial charge in [0.2, 0.25) is 0 Å². The Morgan fingerprint density at radius 1 is 0.227 bits per heavy atom. The summed E-state index contributed by atoms with van der Waals surface area (Å²) in [6.45, 7) is 0. The summed E-state index contributed by atoms with van der Waals surface area (Å²) >= 11 is 1.88. The van der Waals surface area contributed by atoms with E-state index in [0.717, 1.165) is 45.3 Å². The van der Waals surface area contributed by atoms with Gasteiger partial charge in [-0.3, -0.25) is 0 Å². The van der Waals surface area contributed by atoms with E-state index in [0.29, 0.717) is 0 Å². The highest BCUT2D eigenvalue weighted by Gasteiger charge is 2.25. The Hall–Kier alpha value is -9.54. The summed E-state index contributed by atoms with van der Waals surface area (Å²) in [6, 6.07) is 107. The molecule has 13 aromatic carbocycles. The van der Waals surface area contributed by atoms with E-state index in [-0.39, 0.29) is 0 Å². The Morgan fingerprint density at radius 2 is 0.680 bits per heavy atom. The molecule has 14 rings (SSSR count). The summed E-state index contributed by atoms with van der Waals surface area (Å²) in [5.41, 5.74) is 16.0. The van der Waals surface area contributed by atoms with Crippen LogP contribution in [0.4, 0.5) is 34.1 Å². The molecule has 0 aliphatic heterocycles. The van der Waals surface area contributed by atoms with Gasteiger partial charge in [-0.05, 0) is 115 Å². The fourth-order valence-corrected chi connectivity index (χ4v) is 12.5. The third-order valence-electron chi connectivity index (χ3n) is 14.8. The lowest BCUT2D eigenvalue weighted by molar-refractivity contribution is 1.28. The molecule has 0 spiro atoms. The zero-order valence-electron chi connectivity index (χ0n) is 41.0. The maximum atomic E-state index is 2.49. The maximum Gasteiger partial charge on any atom is 0.0541 e. The van der Waals surface area contributed by atoms with Gasteiger partial charge in [0, 0.05) is 59.3 Å². The van der Waals surface area contributed by atoms with E-state index in [2.05, 4.69) is 301 Å². The van der Waals surface area contributed by atoms with E-state index in [1.54, 1.807) is 0 Å². The Bertz CT molecular complexity index is 4420. The number of anilines is 6. The monoisotopic (exact) mass is 972 g/mol. The van der Waals surface area contributed by atoms with Crippen LogP contribution in [0.3, 0.4) is 0 Å². The number of nitrogens with zero attached hydrogens (tertiary/aromatic N) is 2. The lowest BCUT2D eigenvalue weighted by atomic mass is 9.94. The number of hydrogen-bond donors (Lipinski definition) is 0. The number of thiophene rings is 1. The predicted molar refractivity (Wildman–Crippen MR) is 323 cm³/mol. The third-order valence-corrected chi connectivity index (χ3v) is 16.1. The fraction of sp³-hybridized carbons (Fsp3) is 0. The molecule has 0 atom stereocenters. The van der Waals surface area contributed by atoms with Gasteiger partial charge in [0.25, 0.3) is 0 Å². The number of para-hydroxylation sites is 2. The molecule has 0 radical (unpaired) electrons. The van der Waals surface area contributed by atoms with Gasteiger partial charge >= 0.3 is 0 Å². The Kier molecular flexibility index (Phi) is 11.1. The number of benzene rings is 13. The Labute approximate surface area is 440 Å². The molecule has 0 aliphatic rings. The van der Waals surface area contributed by atoms with E-state index in [4.69, 9.17) is 0 Å². The summed E-state index contributed by atoms with van der Waals surface area (Å²) in [7, 11) is 0. The van der Waals surface area contributed by atoms with Crippen LogP contribution < -0.4 is 9.80 Å². The van der Waals surface area contributed by atoms with Gasteiger partial charge in [-0.25, -0.2) is 0 Å². The lowest BCUT2D eigenvalue weighted by Gasteiger charge is -2.32. The van der Waals surface area contributed by atoms with Crippen LogP contribution in [0, 0.1) is 0 Å². The molecule has 75 heavy (non-hydrogen) atoms. The maximum absolute atomic E-state index is 2.49. The van der Waals surface area contributed by atoms with Crippen molar-refractivity contribution in [1.82, 2.24) is 0 Å². The zero-order chi connectivity index (χ0) is 49.7. The van der Waals surface area contributed by atoms with Crippen molar-refractivity contribution in [3.05, 3.63) is 291 Å². The summed E-state index contributed by atoms with van der Waals surface area (Å²) in [6.07, 6.45) is 0. The molecular weight excluding hydrogens is 925 g/mol. The van der Waals surface area contributed by atoms with Gasteiger partial charge < -0.3 is 9.80 Å². The van der Waals surface area contributed by atoms with E-state index in [1.807, 2.05) is 11.3 Å². The van der Waals surface area contributed by atoms with Crippen molar-refractivity contribution in [3.8, 4) is 44.5 Å². The second kappa shape index (κ2) is 18.8. The molecule has 0 saturated heterocycles. The van der Waals surface area contributed by atoms with E-state index < -0.39 is 0 Å². The lowest BCUT2D eigenvalue weighted by Crippen LogP contribution is -2.14. The Morgan fingerprint density at radius 3 is 1.33 bits per heavy atom. The highest BCUT2D eigenvalue weighted by molar-refractivity contribution is 7.26. The minimum atomic E-state index is 1.07. The standard InChI is InChI=1S/C72H48N2S/c1-2-17-49(18-3-1)52-33-35-53(36-34-52)54-37-41-57(42-38-54)73(58-43-39-50-19-4-6-21-55(50)47-58)68-30-13-10-25-63(68)64-26-11-14-31-69(64)74(59-44-40-51-20-5-7-22-56(51)48-59)70-46-45-61(60-23-8-9-24-62(60)70)66-28-16-29-67-65-27-12-15-32-71(65)75-72(66)67/h1-48H. The second-order valence-electron chi connectivity index (χ2n) is 19.2. The normalized spacial score (nSPS) is 11.5. The zero-order valence-corrected chi connectivity index (χ0v) is 41.8. The fourth-order valence-electron chi connectivity index (χ4n) is 11.2. The molecule has 352 valence electrons. The molecule has 0 aliphatic carbocycles. The van der Waals surface area contributed by atoms with Crippen LogP contribution in [0.5, 0.6) is 0 Å². The predicted octanol–water partition coefficient (Wildman–Crippen LogP) is 21.1. The van der Waals surface area contributed by atoms with Crippen molar-refractivity contribution < 1.29 is 0 Å². The number of fused-ring (bicyclic) bond motifs is 6. The van der Waals surface area contributed by atoms with Crippen molar-refractivity contribution in [2.45, 2.75) is 0 Å². The third kappa shape index (κ3) is 7.99. The second-order valence-corrected chi connectivity index (χ2v) is 20.3.